The monoisotopic (exact) mass is 560 g/mol. The molecule has 0 N–H and O–H groups in total. The first kappa shape index (κ1) is 8.90. The molecule has 8 aromatic carbocycles. The Morgan fingerprint density at radius 1 is 0.452 bits per heavy atom. The van der Waals surface area contributed by atoms with Gasteiger partial charge in [0.05, 0.1) is 34.3 Å². The zero-order valence-corrected chi connectivity index (χ0v) is 21.0. The van der Waals surface area contributed by atoms with Gasteiger partial charge < -0.3 is 0 Å². The second kappa shape index (κ2) is 8.65. The van der Waals surface area contributed by atoms with Crippen molar-refractivity contribution in [1.29, 1.82) is 0 Å². The summed E-state index contributed by atoms with van der Waals surface area (Å²) in [6.07, 6.45) is 0. The summed E-state index contributed by atoms with van der Waals surface area (Å²) >= 11 is 0. The van der Waals surface area contributed by atoms with E-state index in [2.05, 4.69) is 0 Å². The Morgan fingerprint density at radius 3 is 1.88 bits per heavy atom. The van der Waals surface area contributed by atoms with Gasteiger partial charge in [-0.3, -0.25) is 0 Å². The Kier molecular flexibility index (Phi) is 1.83. The van der Waals surface area contributed by atoms with E-state index < -0.39 is 245 Å². The average Bonchev–Trinajstić information content (AvgIpc) is 3.63. The lowest BCUT2D eigenvalue weighted by molar-refractivity contribution is 0.715. The van der Waals surface area contributed by atoms with Crippen LogP contribution in [0.5, 0.6) is 0 Å². The minimum absolute atomic E-state index is 0.612. The number of hydrogen-bond donors (Lipinski definition) is 0. The SMILES string of the molecule is [2H]c1c([2H])c([2H])c(C2(C([2H])([2H])[2H])c3c([2H])c(-c4c5c([2H])c([2H])c([2H])c([2H])c5c([2H])c5c4c([2H])c([2H])c4c([2H])c([2H])c([2H])c([2H])c45)c([2H])c([2H])c3-c3c2c([2H])c([2H])c2c([2H])c([2H])c([2H])c([2H])c32)c([2H])c1[2H]. The largest absolute Gasteiger partial charge is 0.0636 e. The second-order valence-electron chi connectivity index (χ2n) is 9.50. The average molecular weight is 561 g/mol. The molecular formula is C42H28. The summed E-state index contributed by atoms with van der Waals surface area (Å²) in [4.78, 5) is 0. The highest BCUT2D eigenvalue weighted by molar-refractivity contribution is 6.20. The highest BCUT2D eigenvalue weighted by Crippen LogP contribution is 2.55. The van der Waals surface area contributed by atoms with Crippen LogP contribution >= 0.6 is 0 Å². The molecule has 196 valence electrons. The first-order valence-electron chi connectivity index (χ1n) is 26.5. The Bertz CT molecular complexity index is 3840. The first-order chi connectivity index (χ1) is 32.4. The topological polar surface area (TPSA) is 0 Å². The van der Waals surface area contributed by atoms with Crippen LogP contribution in [-0.4, -0.2) is 0 Å². The van der Waals surface area contributed by atoms with E-state index in [1.54, 1.807) is 0 Å². The molecule has 0 aliphatic heterocycles. The highest BCUT2D eigenvalue weighted by Gasteiger charge is 2.41. The maximum absolute atomic E-state index is 10.3. The summed E-state index contributed by atoms with van der Waals surface area (Å²) in [5.74, 6) is 0. The lowest BCUT2D eigenvalue weighted by Crippen LogP contribution is -2.22. The molecule has 0 bridgehead atoms. The van der Waals surface area contributed by atoms with Gasteiger partial charge in [-0.25, -0.2) is 0 Å². The van der Waals surface area contributed by atoms with Crippen LogP contribution in [0.15, 0.2) is 151 Å². The molecule has 0 heteroatoms. The van der Waals surface area contributed by atoms with Crippen LogP contribution < -0.4 is 0 Å². The Morgan fingerprint density at radius 2 is 1.10 bits per heavy atom. The molecule has 0 aromatic heterocycles. The molecule has 0 amide bonds. The summed E-state index contributed by atoms with van der Waals surface area (Å²) in [5.41, 5.74) is -10.2. The van der Waals surface area contributed by atoms with Crippen molar-refractivity contribution < 1.29 is 38.4 Å². The van der Waals surface area contributed by atoms with E-state index in [1.807, 2.05) is 0 Å². The molecule has 1 aliphatic rings. The quantitative estimate of drug-likeness (QED) is 0.146. The van der Waals surface area contributed by atoms with Gasteiger partial charge in [0.1, 0.15) is 0 Å². The van der Waals surface area contributed by atoms with Gasteiger partial charge in [0.15, 0.2) is 0 Å². The lowest BCUT2D eigenvalue weighted by Gasteiger charge is -2.29. The third-order valence-corrected chi connectivity index (χ3v) is 7.38. The fourth-order valence-corrected chi connectivity index (χ4v) is 5.56. The molecule has 0 saturated heterocycles. The van der Waals surface area contributed by atoms with E-state index in [-0.39, 0.29) is 0 Å². The van der Waals surface area contributed by atoms with E-state index >= 15 is 0 Å². The lowest BCUT2D eigenvalue weighted by atomic mass is 9.73. The molecule has 9 rings (SSSR count). The van der Waals surface area contributed by atoms with E-state index in [0.29, 0.717) is 0 Å². The number of rotatable bonds is 2. The molecule has 0 saturated carbocycles. The van der Waals surface area contributed by atoms with Gasteiger partial charge in [0.2, 0.25) is 0 Å². The molecule has 0 radical (unpaired) electrons. The van der Waals surface area contributed by atoms with Crippen molar-refractivity contribution in [2.45, 2.75) is 12.3 Å². The molecule has 1 unspecified atom stereocenters. The minimum atomic E-state index is -3.92. The van der Waals surface area contributed by atoms with Crippen molar-refractivity contribution in [3.8, 4) is 22.3 Å². The maximum Gasteiger partial charge on any atom is 0.0636 e. The van der Waals surface area contributed by atoms with E-state index in [9.17, 15) is 17.8 Å². The van der Waals surface area contributed by atoms with Gasteiger partial charge in [-0.05, 0) is 101 Å². The molecule has 0 heterocycles. The summed E-state index contributed by atoms with van der Waals surface area (Å²) in [6, 6.07) is -25.5. The van der Waals surface area contributed by atoms with Crippen molar-refractivity contribution in [2.24, 2.45) is 0 Å². The smallest absolute Gasteiger partial charge is 0.0622 e. The van der Waals surface area contributed by atoms with E-state index in [1.165, 1.54) is 0 Å². The van der Waals surface area contributed by atoms with E-state index in [0.717, 1.165) is 0 Å². The normalized spacial score (nSPS) is 25.5. The Hall–Kier alpha value is -5.20. The fraction of sp³-hybridized carbons (Fsp3) is 0.0476. The molecule has 8 aromatic rings. The van der Waals surface area contributed by atoms with Crippen LogP contribution in [0.25, 0.3) is 65.3 Å². The van der Waals surface area contributed by atoms with Gasteiger partial charge in [0, 0.05) is 9.53 Å². The van der Waals surface area contributed by atoms with Crippen molar-refractivity contribution >= 4 is 43.1 Å². The maximum atomic E-state index is 10.3. The summed E-state index contributed by atoms with van der Waals surface area (Å²) in [5, 5.41) is -5.52. The van der Waals surface area contributed by atoms with Gasteiger partial charge in [-0.2, -0.15) is 0 Å². The molecular weight excluding hydrogens is 504 g/mol. The van der Waals surface area contributed by atoms with Gasteiger partial charge in [0.25, 0.3) is 0 Å². The zero-order chi connectivity index (χ0) is 52.1. The molecule has 42 heavy (non-hydrogen) atoms. The third kappa shape index (κ3) is 3.12. The van der Waals surface area contributed by atoms with Crippen LogP contribution in [0.3, 0.4) is 0 Å². The van der Waals surface area contributed by atoms with Crippen LogP contribution in [0.1, 0.15) is 61.9 Å². The highest BCUT2D eigenvalue weighted by atomic mass is 14.4. The molecule has 1 atom stereocenters. The summed E-state index contributed by atoms with van der Waals surface area (Å²) in [7, 11) is 0. The standard InChI is InChI=1S/C42H28/c1-42(31-14-3-2-4-15-31)38-24-21-28-12-6-9-17-33(28)41(38)36-23-20-30(26-39(36)42)40-34-18-10-7-13-29(34)25-37-32-16-8-5-11-27(32)19-22-35(37)40/h2-26H,1H3/i1D3,2D,3D,4D,5D,6D,7D,8D,9D,10D,11D,12D,13D,14D,15D,16D,17D,18D,19D,20D,21D,22D,23D,24D,25D,26D. The van der Waals surface area contributed by atoms with Crippen molar-refractivity contribution in [3.63, 3.8) is 0 Å². The van der Waals surface area contributed by atoms with Crippen LogP contribution in [-0.2, 0) is 5.41 Å². The van der Waals surface area contributed by atoms with Crippen molar-refractivity contribution in [2.75, 3.05) is 0 Å². The second-order valence-corrected chi connectivity index (χ2v) is 9.50. The Labute approximate surface area is 284 Å². The predicted molar refractivity (Wildman–Crippen MR) is 179 cm³/mol. The summed E-state index contributed by atoms with van der Waals surface area (Å²) in [6.45, 7) is -3.92. The summed E-state index contributed by atoms with van der Waals surface area (Å²) < 4.78 is 254. The number of fused-ring (bicyclic) bond motifs is 9. The van der Waals surface area contributed by atoms with Crippen molar-refractivity contribution in [3.05, 3.63) is 168 Å². The van der Waals surface area contributed by atoms with E-state index in [4.69, 9.17) is 20.6 Å². The van der Waals surface area contributed by atoms with Crippen LogP contribution in [0, 0.1) is 0 Å². The zero-order valence-electron chi connectivity index (χ0n) is 49.0. The fourth-order valence-electron chi connectivity index (χ4n) is 5.56. The minimum Gasteiger partial charge on any atom is -0.0622 e. The molecule has 1 aliphatic carbocycles. The van der Waals surface area contributed by atoms with Gasteiger partial charge in [-0.15, -0.1) is 0 Å². The molecule has 0 fully saturated rings. The van der Waals surface area contributed by atoms with Gasteiger partial charge in [-0.1, -0.05) is 139 Å². The Balaban J connectivity index is 1.71. The van der Waals surface area contributed by atoms with Crippen molar-refractivity contribution in [1.82, 2.24) is 0 Å². The number of benzene rings is 8. The molecule has 0 spiro atoms. The van der Waals surface area contributed by atoms with Gasteiger partial charge >= 0.3 is 0 Å². The third-order valence-electron chi connectivity index (χ3n) is 7.38. The van der Waals surface area contributed by atoms with Crippen LogP contribution in [0.4, 0.5) is 0 Å². The van der Waals surface area contributed by atoms with Crippen LogP contribution in [0.2, 0.25) is 0 Å². The first-order valence-corrected chi connectivity index (χ1v) is 12.5. The predicted octanol–water partition coefficient (Wildman–Crippen LogP) is 11.3. The molecule has 0 nitrogen and oxygen atoms in total. The number of hydrogen-bond acceptors (Lipinski definition) is 0.